The number of hydrogen-bond donors (Lipinski definition) is 3. The summed E-state index contributed by atoms with van der Waals surface area (Å²) in [7, 11) is 0. The van der Waals surface area contributed by atoms with Crippen LogP contribution in [0, 0.1) is 53.0 Å². The van der Waals surface area contributed by atoms with Crippen molar-refractivity contribution >= 4 is 17.1 Å². The number of ether oxygens (including phenoxy) is 3. The maximum absolute atomic E-state index is 15.2. The quantitative estimate of drug-likeness (QED) is 0.156. The first-order valence-corrected chi connectivity index (χ1v) is 19.4. The van der Waals surface area contributed by atoms with Crippen molar-refractivity contribution in [2.45, 2.75) is 87.9 Å². The topological polar surface area (TPSA) is 106 Å². The number of nitrogens with two attached hydrogens (primary N) is 3. The van der Waals surface area contributed by atoms with Crippen LogP contribution in [0.15, 0.2) is 60.7 Å². The van der Waals surface area contributed by atoms with Gasteiger partial charge in [0.1, 0.15) is 40.4 Å². The van der Waals surface area contributed by atoms with E-state index in [-0.39, 0.29) is 39.4 Å². The average Bonchev–Trinajstić information content (AvgIpc) is 3.09. The monoisotopic (exact) mass is 721 g/mol. The van der Waals surface area contributed by atoms with Crippen molar-refractivity contribution < 1.29 is 27.4 Å². The summed E-state index contributed by atoms with van der Waals surface area (Å²) in [6.45, 7) is 0. The lowest BCUT2D eigenvalue weighted by atomic mass is 9.46. The van der Waals surface area contributed by atoms with E-state index in [0.717, 1.165) is 49.7 Å². The predicted octanol–water partition coefficient (Wildman–Crippen LogP) is 11.2. The molecule has 0 unspecified atom stereocenters. The molecule has 0 atom stereocenters. The van der Waals surface area contributed by atoms with Crippen LogP contribution in [0.2, 0.25) is 0 Å². The van der Waals surface area contributed by atoms with E-state index in [2.05, 4.69) is 0 Å². The second kappa shape index (κ2) is 12.0. The van der Waals surface area contributed by atoms with Crippen LogP contribution in [0.25, 0.3) is 0 Å². The lowest BCUT2D eigenvalue weighted by Crippen LogP contribution is -2.50. The van der Waals surface area contributed by atoms with Gasteiger partial charge in [0.15, 0.2) is 11.5 Å². The third-order valence-electron chi connectivity index (χ3n) is 14.0. The van der Waals surface area contributed by atoms with Gasteiger partial charge < -0.3 is 31.4 Å². The second-order valence-corrected chi connectivity index (χ2v) is 17.7. The minimum Gasteiger partial charge on any atom is -0.456 e. The number of hydrogen-bond acceptors (Lipinski definition) is 6. The molecule has 8 saturated carbocycles. The zero-order valence-corrected chi connectivity index (χ0v) is 29.8. The van der Waals surface area contributed by atoms with E-state index in [4.69, 9.17) is 31.4 Å². The molecule has 6 nitrogen and oxygen atoms in total. The molecular formula is C44H46F3N3O3. The zero-order valence-electron chi connectivity index (χ0n) is 29.8. The summed E-state index contributed by atoms with van der Waals surface area (Å²) in [5.74, 6) is 4.21. The molecule has 276 valence electrons. The normalized spacial score (nSPS) is 31.9. The van der Waals surface area contributed by atoms with Gasteiger partial charge in [-0.1, -0.05) is 0 Å². The highest BCUT2D eigenvalue weighted by atomic mass is 19.1. The maximum Gasteiger partial charge on any atom is 0.177 e. The third kappa shape index (κ3) is 5.59. The Morgan fingerprint density at radius 1 is 0.453 bits per heavy atom. The summed E-state index contributed by atoms with van der Waals surface area (Å²) in [6.07, 6.45) is 13.3. The summed E-state index contributed by atoms with van der Waals surface area (Å²) in [5, 5.41) is 0. The lowest BCUT2D eigenvalue weighted by molar-refractivity contribution is -0.0107. The molecule has 0 heterocycles. The Morgan fingerprint density at radius 3 is 1.21 bits per heavy atom. The summed E-state index contributed by atoms with van der Waals surface area (Å²) in [6, 6.07) is 15.5. The van der Waals surface area contributed by atoms with E-state index < -0.39 is 17.5 Å². The van der Waals surface area contributed by atoms with Crippen LogP contribution in [-0.4, -0.2) is 0 Å². The standard InChI is InChI=1S/C44H46F3N3O3/c45-33-13-29(1-4-36(33)48)51-39-16-32(43-17-23-7-24(18-43)9-25(8-23)19-43)41(52-30-2-5-37(49)34(46)14-30)40(42(39)53-31-3-6-38(50)35(47)15-31)44-20-26-10-27(21-44)12-28(11-26)22-44/h1-6,13-16,23-28H,7-12,17-22,48-50H2. The van der Waals surface area contributed by atoms with E-state index in [9.17, 15) is 4.39 Å². The number of benzene rings is 4. The van der Waals surface area contributed by atoms with Crippen molar-refractivity contribution in [1.82, 2.24) is 0 Å². The van der Waals surface area contributed by atoms with Crippen molar-refractivity contribution in [3.63, 3.8) is 0 Å². The van der Waals surface area contributed by atoms with Gasteiger partial charge in [-0.15, -0.1) is 0 Å². The highest BCUT2D eigenvalue weighted by molar-refractivity contribution is 5.67. The minimum absolute atomic E-state index is 0.0130. The van der Waals surface area contributed by atoms with Crippen molar-refractivity contribution in [1.29, 1.82) is 0 Å². The Kier molecular flexibility index (Phi) is 7.48. The maximum atomic E-state index is 15.2. The number of anilines is 3. The SMILES string of the molecule is Nc1ccc(Oc2cc(C34CC5CC(CC(C5)C3)C4)c(Oc3ccc(N)c(F)c3)c(C34CC5CC(CC(C5)C3)C4)c2Oc2ccc(N)c(F)c2)cc1F. The molecule has 0 spiro atoms. The molecule has 0 aromatic heterocycles. The van der Waals surface area contributed by atoms with Crippen LogP contribution >= 0.6 is 0 Å². The van der Waals surface area contributed by atoms with E-state index in [0.29, 0.717) is 58.5 Å². The molecule has 4 aromatic rings. The largest absolute Gasteiger partial charge is 0.456 e. The first kappa shape index (κ1) is 33.1. The van der Waals surface area contributed by atoms with Gasteiger partial charge in [-0.05, 0) is 160 Å². The van der Waals surface area contributed by atoms with Gasteiger partial charge in [-0.25, -0.2) is 13.2 Å². The van der Waals surface area contributed by atoms with Crippen LogP contribution in [0.5, 0.6) is 34.5 Å². The fourth-order valence-corrected chi connectivity index (χ4v) is 12.7. The summed E-state index contributed by atoms with van der Waals surface area (Å²) >= 11 is 0. The van der Waals surface area contributed by atoms with Crippen LogP contribution in [0.4, 0.5) is 30.2 Å². The Morgan fingerprint density at radius 2 is 0.811 bits per heavy atom. The molecule has 0 amide bonds. The van der Waals surface area contributed by atoms with E-state index in [1.54, 1.807) is 24.3 Å². The van der Waals surface area contributed by atoms with Gasteiger partial charge >= 0.3 is 0 Å². The van der Waals surface area contributed by atoms with Gasteiger partial charge in [-0.3, -0.25) is 0 Å². The zero-order chi connectivity index (χ0) is 36.2. The van der Waals surface area contributed by atoms with E-state index in [1.807, 2.05) is 6.07 Å². The Hall–Kier alpha value is -4.53. The molecule has 8 aliphatic carbocycles. The van der Waals surface area contributed by atoms with Gasteiger partial charge in [0.25, 0.3) is 0 Å². The molecule has 8 fully saturated rings. The molecule has 0 aliphatic heterocycles. The highest BCUT2D eigenvalue weighted by Crippen LogP contribution is 2.68. The Bertz CT molecular complexity index is 2060. The Balaban J connectivity index is 1.26. The molecule has 53 heavy (non-hydrogen) atoms. The molecular weight excluding hydrogens is 675 g/mol. The molecule has 0 radical (unpaired) electrons. The fourth-order valence-electron chi connectivity index (χ4n) is 12.7. The molecule has 4 aromatic carbocycles. The molecule has 8 bridgehead atoms. The third-order valence-corrected chi connectivity index (χ3v) is 14.0. The van der Waals surface area contributed by atoms with Crippen molar-refractivity contribution in [3.8, 4) is 34.5 Å². The first-order chi connectivity index (χ1) is 25.5. The molecule has 12 rings (SSSR count). The van der Waals surface area contributed by atoms with Crippen LogP contribution < -0.4 is 31.4 Å². The van der Waals surface area contributed by atoms with E-state index >= 15 is 8.78 Å². The second-order valence-electron chi connectivity index (χ2n) is 17.7. The lowest BCUT2D eigenvalue weighted by Gasteiger charge is -2.59. The molecule has 8 aliphatic rings. The van der Waals surface area contributed by atoms with E-state index in [1.165, 1.54) is 68.9 Å². The number of nitrogen functional groups attached to an aromatic ring is 3. The van der Waals surface area contributed by atoms with Crippen LogP contribution in [0.1, 0.15) is 88.2 Å². The number of rotatable bonds is 8. The van der Waals surface area contributed by atoms with Gasteiger partial charge in [-0.2, -0.15) is 0 Å². The summed E-state index contributed by atoms with van der Waals surface area (Å²) in [5.41, 5.74) is 19.2. The van der Waals surface area contributed by atoms with Gasteiger partial charge in [0, 0.05) is 34.7 Å². The van der Waals surface area contributed by atoms with Crippen LogP contribution in [-0.2, 0) is 10.8 Å². The fraction of sp³-hybridized carbons (Fsp3) is 0.455. The van der Waals surface area contributed by atoms with Crippen LogP contribution in [0.3, 0.4) is 0 Å². The summed E-state index contributed by atoms with van der Waals surface area (Å²) < 4.78 is 66.0. The Labute approximate surface area is 308 Å². The molecule has 9 heteroatoms. The smallest absolute Gasteiger partial charge is 0.177 e. The summed E-state index contributed by atoms with van der Waals surface area (Å²) in [4.78, 5) is 0. The van der Waals surface area contributed by atoms with Gasteiger partial charge in [0.05, 0.1) is 17.1 Å². The van der Waals surface area contributed by atoms with Crippen molar-refractivity contribution in [2.24, 2.45) is 35.5 Å². The van der Waals surface area contributed by atoms with Crippen molar-refractivity contribution in [2.75, 3.05) is 17.2 Å². The van der Waals surface area contributed by atoms with Gasteiger partial charge in [0.2, 0.25) is 0 Å². The molecule has 6 N–H and O–H groups in total. The minimum atomic E-state index is -0.596. The molecule has 0 saturated heterocycles. The van der Waals surface area contributed by atoms with Crippen molar-refractivity contribution in [3.05, 3.63) is 89.2 Å². The first-order valence-electron chi connectivity index (χ1n) is 19.4. The average molecular weight is 722 g/mol. The predicted molar refractivity (Wildman–Crippen MR) is 199 cm³/mol. The number of halogens is 3. The highest BCUT2D eigenvalue weighted by Gasteiger charge is 2.57.